The fourth-order valence-corrected chi connectivity index (χ4v) is 2.42. The number of ketones is 1. The van der Waals surface area contributed by atoms with E-state index in [1.807, 2.05) is 30.3 Å². The average Bonchev–Trinajstić information content (AvgIpc) is 3.01. The molecule has 0 atom stereocenters. The van der Waals surface area contributed by atoms with Crippen LogP contribution in [0.3, 0.4) is 0 Å². The minimum Gasteiger partial charge on any atom is -0.507 e. The van der Waals surface area contributed by atoms with Crippen LogP contribution in [0.5, 0.6) is 5.75 Å². The van der Waals surface area contributed by atoms with Crippen LogP contribution in [0.2, 0.25) is 0 Å². The summed E-state index contributed by atoms with van der Waals surface area (Å²) < 4.78 is 5.76. The monoisotopic (exact) mass is 323 g/mol. The molecule has 0 spiro atoms. The van der Waals surface area contributed by atoms with Crippen molar-refractivity contribution in [3.8, 4) is 28.4 Å². The van der Waals surface area contributed by atoms with Crippen molar-refractivity contribution in [1.29, 1.82) is 0 Å². The highest BCUT2D eigenvalue weighted by molar-refractivity contribution is 6.01. The zero-order valence-electron chi connectivity index (χ0n) is 12.7. The lowest BCUT2D eigenvalue weighted by atomic mass is 10.0. The molecule has 1 N–H and O–H groups in total. The highest BCUT2D eigenvalue weighted by Crippen LogP contribution is 2.38. The number of Topliss-reactive ketones (excluding diaryl/α,β-unsaturated/α-hetero) is 1. The van der Waals surface area contributed by atoms with Gasteiger partial charge in [0.2, 0.25) is 0 Å². The lowest BCUT2D eigenvalue weighted by Gasteiger charge is -2.03. The normalized spacial score (nSPS) is 10.5. The first-order chi connectivity index (χ1) is 11.5. The number of nitrogens with zero attached hydrogens (tertiary/aromatic N) is 1. The Morgan fingerprint density at radius 1 is 1.12 bits per heavy atom. The molecule has 120 valence electrons. The predicted molar refractivity (Wildman–Crippen MR) is 87.9 cm³/mol. The van der Waals surface area contributed by atoms with Crippen molar-refractivity contribution in [3.05, 3.63) is 70.3 Å². The third kappa shape index (κ3) is 2.77. The van der Waals surface area contributed by atoms with E-state index in [9.17, 15) is 20.0 Å². The maximum Gasteiger partial charge on any atom is 0.270 e. The lowest BCUT2D eigenvalue weighted by Crippen LogP contribution is -1.93. The van der Waals surface area contributed by atoms with E-state index in [1.165, 1.54) is 25.1 Å². The summed E-state index contributed by atoms with van der Waals surface area (Å²) in [5.74, 6) is 0.100. The summed E-state index contributed by atoms with van der Waals surface area (Å²) in [6.45, 7) is 1.37. The van der Waals surface area contributed by atoms with E-state index in [1.54, 1.807) is 6.07 Å². The number of aromatic hydroxyl groups is 1. The first kappa shape index (κ1) is 15.5. The molecule has 3 rings (SSSR count). The van der Waals surface area contributed by atoms with Crippen LogP contribution in [-0.2, 0) is 0 Å². The van der Waals surface area contributed by atoms with Crippen LogP contribution >= 0.6 is 0 Å². The predicted octanol–water partition coefficient (Wildman–Crippen LogP) is 4.43. The molecule has 1 heterocycles. The van der Waals surface area contributed by atoms with Gasteiger partial charge in [-0.3, -0.25) is 14.9 Å². The Balaban J connectivity index is 2.21. The number of carbonyl (C=O) groups is 1. The first-order valence-corrected chi connectivity index (χ1v) is 7.15. The molecule has 6 nitrogen and oxygen atoms in total. The van der Waals surface area contributed by atoms with Crippen molar-refractivity contribution < 1.29 is 19.2 Å². The molecule has 0 aliphatic rings. The van der Waals surface area contributed by atoms with Crippen molar-refractivity contribution in [2.75, 3.05) is 0 Å². The van der Waals surface area contributed by atoms with Gasteiger partial charge in [0, 0.05) is 17.7 Å². The number of benzene rings is 2. The molecule has 0 radical (unpaired) electrons. The van der Waals surface area contributed by atoms with Gasteiger partial charge in [-0.2, -0.15) is 0 Å². The molecule has 6 heteroatoms. The first-order valence-electron chi connectivity index (χ1n) is 7.15. The second-order valence-electron chi connectivity index (χ2n) is 5.23. The van der Waals surface area contributed by atoms with Gasteiger partial charge in [-0.1, -0.05) is 30.3 Å². The van der Waals surface area contributed by atoms with Crippen LogP contribution in [0.4, 0.5) is 5.69 Å². The Morgan fingerprint density at radius 3 is 2.46 bits per heavy atom. The third-order valence-electron chi connectivity index (χ3n) is 3.61. The lowest BCUT2D eigenvalue weighted by molar-refractivity contribution is -0.384. The molecule has 24 heavy (non-hydrogen) atoms. The minimum absolute atomic E-state index is 0.108. The molecule has 0 amide bonds. The van der Waals surface area contributed by atoms with E-state index in [4.69, 9.17) is 4.42 Å². The molecular formula is C18H13NO5. The van der Waals surface area contributed by atoms with Gasteiger partial charge in [-0.05, 0) is 19.1 Å². The molecule has 0 aliphatic carbocycles. The second kappa shape index (κ2) is 6.00. The Labute approximate surface area is 137 Å². The van der Waals surface area contributed by atoms with Gasteiger partial charge in [-0.15, -0.1) is 0 Å². The Morgan fingerprint density at radius 2 is 1.83 bits per heavy atom. The van der Waals surface area contributed by atoms with Crippen LogP contribution < -0.4 is 0 Å². The SMILES string of the molecule is CC(=O)c1cc(-c2ccccc2)oc1-c1cc([N+](=O)[O-])ccc1O. The number of hydrogen-bond donors (Lipinski definition) is 1. The minimum atomic E-state index is -0.572. The van der Waals surface area contributed by atoms with Crippen molar-refractivity contribution in [1.82, 2.24) is 0 Å². The number of carbonyl (C=O) groups excluding carboxylic acids is 1. The average molecular weight is 323 g/mol. The molecule has 0 fully saturated rings. The van der Waals surface area contributed by atoms with E-state index in [-0.39, 0.29) is 34.1 Å². The van der Waals surface area contributed by atoms with Gasteiger partial charge in [-0.25, -0.2) is 0 Å². The number of non-ortho nitro benzene ring substituents is 1. The molecule has 3 aromatic rings. The van der Waals surface area contributed by atoms with Crippen molar-refractivity contribution >= 4 is 11.5 Å². The van der Waals surface area contributed by atoms with Crippen LogP contribution in [-0.4, -0.2) is 15.8 Å². The van der Waals surface area contributed by atoms with Crippen LogP contribution in [0.15, 0.2) is 59.0 Å². The maximum atomic E-state index is 11.9. The molecular weight excluding hydrogens is 310 g/mol. The van der Waals surface area contributed by atoms with Gasteiger partial charge in [0.1, 0.15) is 17.3 Å². The zero-order valence-corrected chi connectivity index (χ0v) is 12.7. The quantitative estimate of drug-likeness (QED) is 0.435. The van der Waals surface area contributed by atoms with E-state index in [0.29, 0.717) is 5.76 Å². The number of phenols is 1. The molecule has 0 saturated carbocycles. The molecule has 0 bridgehead atoms. The Bertz CT molecular complexity index is 928. The fourth-order valence-electron chi connectivity index (χ4n) is 2.42. The van der Waals surface area contributed by atoms with Crippen molar-refractivity contribution in [3.63, 3.8) is 0 Å². The summed E-state index contributed by atoms with van der Waals surface area (Å²) in [5, 5.41) is 21.0. The summed E-state index contributed by atoms with van der Waals surface area (Å²) in [5.41, 5.74) is 0.923. The smallest absolute Gasteiger partial charge is 0.270 e. The fraction of sp³-hybridized carbons (Fsp3) is 0.0556. The number of rotatable bonds is 4. The number of nitro groups is 1. The van der Waals surface area contributed by atoms with E-state index in [0.717, 1.165) is 5.56 Å². The van der Waals surface area contributed by atoms with Gasteiger partial charge in [0.25, 0.3) is 5.69 Å². The van der Waals surface area contributed by atoms with Gasteiger partial charge in [0.15, 0.2) is 5.78 Å². The van der Waals surface area contributed by atoms with Crippen LogP contribution in [0, 0.1) is 10.1 Å². The second-order valence-corrected chi connectivity index (χ2v) is 5.23. The number of phenolic OH excluding ortho intramolecular Hbond substituents is 1. The maximum absolute atomic E-state index is 11.9. The van der Waals surface area contributed by atoms with Crippen molar-refractivity contribution in [2.45, 2.75) is 6.92 Å². The van der Waals surface area contributed by atoms with E-state index in [2.05, 4.69) is 0 Å². The van der Waals surface area contributed by atoms with Gasteiger partial charge < -0.3 is 9.52 Å². The standard InChI is InChI=1S/C18H13NO5/c1-11(20)14-10-17(12-5-3-2-4-6-12)24-18(14)15-9-13(19(22)23)7-8-16(15)21/h2-10,21H,1H3. The number of nitro benzene ring substituents is 1. The summed E-state index contributed by atoms with van der Waals surface area (Å²) in [4.78, 5) is 22.3. The Kier molecular flexibility index (Phi) is 3.87. The summed E-state index contributed by atoms with van der Waals surface area (Å²) >= 11 is 0. The highest BCUT2D eigenvalue weighted by atomic mass is 16.6. The largest absolute Gasteiger partial charge is 0.507 e. The topological polar surface area (TPSA) is 93.6 Å². The van der Waals surface area contributed by atoms with Crippen LogP contribution in [0.25, 0.3) is 22.6 Å². The third-order valence-corrected chi connectivity index (χ3v) is 3.61. The summed E-state index contributed by atoms with van der Waals surface area (Å²) in [7, 11) is 0. The summed E-state index contributed by atoms with van der Waals surface area (Å²) in [6.07, 6.45) is 0. The number of furan rings is 1. The summed E-state index contributed by atoms with van der Waals surface area (Å²) in [6, 6.07) is 14.3. The van der Waals surface area contributed by atoms with E-state index < -0.39 is 4.92 Å². The highest BCUT2D eigenvalue weighted by Gasteiger charge is 2.22. The molecule has 0 aliphatic heterocycles. The molecule has 2 aromatic carbocycles. The molecule has 1 aromatic heterocycles. The van der Waals surface area contributed by atoms with Gasteiger partial charge in [0.05, 0.1) is 16.1 Å². The molecule has 0 unspecified atom stereocenters. The molecule has 0 saturated heterocycles. The van der Waals surface area contributed by atoms with Crippen molar-refractivity contribution in [2.24, 2.45) is 0 Å². The van der Waals surface area contributed by atoms with Gasteiger partial charge >= 0.3 is 0 Å². The Hall–Kier alpha value is -3.41. The van der Waals surface area contributed by atoms with E-state index >= 15 is 0 Å². The zero-order chi connectivity index (χ0) is 17.3. The number of hydrogen-bond acceptors (Lipinski definition) is 5. The van der Waals surface area contributed by atoms with Crippen LogP contribution in [0.1, 0.15) is 17.3 Å².